The summed E-state index contributed by atoms with van der Waals surface area (Å²) >= 11 is 1.76. The number of nitrogens with zero attached hydrogens (tertiary/aromatic N) is 3. The molecule has 0 radical (unpaired) electrons. The van der Waals surface area contributed by atoms with Crippen molar-refractivity contribution in [3.63, 3.8) is 0 Å². The number of benzene rings is 1. The van der Waals surface area contributed by atoms with E-state index in [1.807, 2.05) is 12.4 Å². The summed E-state index contributed by atoms with van der Waals surface area (Å²) in [6, 6.07) is 12.9. The van der Waals surface area contributed by atoms with Crippen LogP contribution in [-0.4, -0.2) is 14.5 Å². The molecule has 3 aromatic rings. The summed E-state index contributed by atoms with van der Waals surface area (Å²) in [5.74, 6) is 1.20. The Bertz CT molecular complexity index is 904. The highest BCUT2D eigenvalue weighted by Gasteiger charge is 2.22. The van der Waals surface area contributed by atoms with Crippen LogP contribution in [0.5, 0.6) is 0 Å². The van der Waals surface area contributed by atoms with Crippen LogP contribution in [0.25, 0.3) is 22.5 Å². The van der Waals surface area contributed by atoms with Crippen LogP contribution in [0.3, 0.4) is 0 Å². The number of aromatic nitrogens is 3. The van der Waals surface area contributed by atoms with E-state index in [9.17, 15) is 0 Å². The molecule has 0 spiro atoms. The van der Waals surface area contributed by atoms with Gasteiger partial charge in [-0.3, -0.25) is 4.98 Å². The predicted molar refractivity (Wildman–Crippen MR) is 105 cm³/mol. The van der Waals surface area contributed by atoms with Crippen molar-refractivity contribution in [3.8, 4) is 22.5 Å². The molecule has 0 saturated heterocycles. The van der Waals surface area contributed by atoms with E-state index in [0.717, 1.165) is 18.7 Å². The Kier molecular flexibility index (Phi) is 4.45. The minimum absolute atomic E-state index is 1.05. The summed E-state index contributed by atoms with van der Waals surface area (Å²) in [4.78, 5) is 10.4. The van der Waals surface area contributed by atoms with E-state index in [0.29, 0.717) is 0 Å². The molecule has 0 fully saturated rings. The van der Waals surface area contributed by atoms with E-state index in [4.69, 9.17) is 4.98 Å². The van der Waals surface area contributed by atoms with Crippen LogP contribution in [-0.2, 0) is 13.0 Å². The Morgan fingerprint density at radius 3 is 2.52 bits per heavy atom. The van der Waals surface area contributed by atoms with Crippen molar-refractivity contribution in [2.45, 2.75) is 38.1 Å². The van der Waals surface area contributed by atoms with E-state index in [-0.39, 0.29) is 0 Å². The molecule has 0 atom stereocenters. The molecule has 1 aliphatic rings. The number of rotatable bonds is 4. The minimum Gasteiger partial charge on any atom is -0.327 e. The Hall–Kier alpha value is -2.33. The van der Waals surface area contributed by atoms with Crippen LogP contribution in [0.15, 0.2) is 64.7 Å². The van der Waals surface area contributed by atoms with Crippen LogP contribution >= 0.6 is 11.8 Å². The molecule has 0 saturated carbocycles. The van der Waals surface area contributed by atoms with Crippen LogP contribution in [0.1, 0.15) is 26.1 Å². The Labute approximate surface area is 152 Å². The van der Waals surface area contributed by atoms with Gasteiger partial charge in [0.15, 0.2) is 0 Å². The van der Waals surface area contributed by atoms with Gasteiger partial charge in [0.25, 0.3) is 0 Å². The van der Waals surface area contributed by atoms with Gasteiger partial charge in [-0.05, 0) is 49.9 Å². The van der Waals surface area contributed by atoms with E-state index < -0.39 is 0 Å². The molecule has 0 N–H and O–H groups in total. The number of hydrogen-bond acceptors (Lipinski definition) is 3. The Morgan fingerprint density at radius 1 is 1.04 bits per heavy atom. The summed E-state index contributed by atoms with van der Waals surface area (Å²) in [6.45, 7) is 5.29. The van der Waals surface area contributed by atoms with Gasteiger partial charge in [-0.15, -0.1) is 0 Å². The van der Waals surface area contributed by atoms with Crippen molar-refractivity contribution >= 4 is 11.8 Å². The maximum atomic E-state index is 4.97. The molecule has 4 rings (SSSR count). The molecule has 126 valence electrons. The maximum absolute atomic E-state index is 4.97. The highest BCUT2D eigenvalue weighted by Crippen LogP contribution is 2.36. The fourth-order valence-corrected chi connectivity index (χ4v) is 3.87. The van der Waals surface area contributed by atoms with Gasteiger partial charge in [0.1, 0.15) is 5.82 Å². The van der Waals surface area contributed by atoms with Gasteiger partial charge in [0.05, 0.1) is 11.4 Å². The van der Waals surface area contributed by atoms with E-state index in [2.05, 4.69) is 65.2 Å². The number of hydrogen-bond donors (Lipinski definition) is 0. The maximum Gasteiger partial charge on any atom is 0.109 e. The lowest BCUT2D eigenvalue weighted by Crippen LogP contribution is -1.96. The predicted octanol–water partition coefficient (Wildman–Crippen LogP) is 5.57. The second kappa shape index (κ2) is 6.89. The first-order chi connectivity index (χ1) is 12.2. The van der Waals surface area contributed by atoms with Gasteiger partial charge in [-0.2, -0.15) is 0 Å². The first kappa shape index (κ1) is 16.2. The number of pyridine rings is 1. The largest absolute Gasteiger partial charge is 0.327 e. The van der Waals surface area contributed by atoms with Gasteiger partial charge in [-0.1, -0.05) is 29.5 Å². The van der Waals surface area contributed by atoms with Gasteiger partial charge in [0.2, 0.25) is 0 Å². The van der Waals surface area contributed by atoms with Crippen LogP contribution in [0.2, 0.25) is 0 Å². The highest BCUT2D eigenvalue weighted by atomic mass is 32.2. The molecule has 0 bridgehead atoms. The fraction of sp³-hybridized carbons (Fsp3) is 0.238. The number of aryl methyl sites for hydroxylation is 1. The first-order valence-corrected chi connectivity index (χ1v) is 9.50. The van der Waals surface area contributed by atoms with E-state index in [1.54, 1.807) is 11.8 Å². The van der Waals surface area contributed by atoms with Crippen molar-refractivity contribution in [2.75, 3.05) is 0 Å². The molecule has 0 unspecified atom stereocenters. The molecular weight excluding hydrogens is 326 g/mol. The van der Waals surface area contributed by atoms with Crippen molar-refractivity contribution in [1.82, 2.24) is 14.5 Å². The lowest BCUT2D eigenvalue weighted by Gasteiger charge is -2.08. The summed E-state index contributed by atoms with van der Waals surface area (Å²) < 4.78 is 2.37. The third-order valence-corrected chi connectivity index (χ3v) is 5.47. The van der Waals surface area contributed by atoms with Gasteiger partial charge in [0, 0.05) is 41.4 Å². The second-order valence-electron chi connectivity index (χ2n) is 6.55. The Morgan fingerprint density at radius 2 is 1.80 bits per heavy atom. The molecule has 0 aliphatic carbocycles. The number of allylic oxidation sites excluding steroid dienone is 1. The standard InChI is InChI=1S/C21H21N3S/c1-15(2)14-25-18-7-5-16(6-8-18)20-21(17-9-11-22-12-10-17)24-13-3-4-19(24)23-20/h5-12,14H,3-4,13H2,1-2H3. The van der Waals surface area contributed by atoms with Crippen molar-refractivity contribution in [1.29, 1.82) is 0 Å². The molecule has 1 aliphatic heterocycles. The molecule has 25 heavy (non-hydrogen) atoms. The summed E-state index contributed by atoms with van der Waals surface area (Å²) in [7, 11) is 0. The zero-order chi connectivity index (χ0) is 17.2. The topological polar surface area (TPSA) is 30.7 Å². The summed E-state index contributed by atoms with van der Waals surface area (Å²) in [6.07, 6.45) is 5.95. The van der Waals surface area contributed by atoms with Gasteiger partial charge in [-0.25, -0.2) is 4.98 Å². The molecule has 2 aromatic heterocycles. The summed E-state index contributed by atoms with van der Waals surface area (Å²) in [5, 5.41) is 2.18. The molecule has 4 heteroatoms. The monoisotopic (exact) mass is 347 g/mol. The number of imidazole rings is 1. The normalized spacial score (nSPS) is 12.9. The van der Waals surface area contributed by atoms with Crippen LogP contribution < -0.4 is 0 Å². The van der Waals surface area contributed by atoms with Crippen molar-refractivity contribution < 1.29 is 0 Å². The zero-order valence-electron chi connectivity index (χ0n) is 14.6. The summed E-state index contributed by atoms with van der Waals surface area (Å²) in [5.41, 5.74) is 5.99. The first-order valence-electron chi connectivity index (χ1n) is 8.62. The van der Waals surface area contributed by atoms with Crippen molar-refractivity contribution in [3.05, 3.63) is 65.6 Å². The van der Waals surface area contributed by atoms with Crippen molar-refractivity contribution in [2.24, 2.45) is 0 Å². The number of thioether (sulfide) groups is 1. The number of fused-ring (bicyclic) bond motifs is 1. The highest BCUT2D eigenvalue weighted by molar-refractivity contribution is 8.02. The van der Waals surface area contributed by atoms with Crippen LogP contribution in [0.4, 0.5) is 0 Å². The molecular formula is C21H21N3S. The minimum atomic E-state index is 1.05. The average molecular weight is 347 g/mol. The van der Waals surface area contributed by atoms with E-state index in [1.165, 1.54) is 39.5 Å². The molecule has 0 amide bonds. The smallest absolute Gasteiger partial charge is 0.109 e. The fourth-order valence-electron chi connectivity index (χ4n) is 3.21. The molecule has 3 nitrogen and oxygen atoms in total. The zero-order valence-corrected chi connectivity index (χ0v) is 15.4. The molecule has 1 aromatic carbocycles. The quantitative estimate of drug-likeness (QED) is 0.578. The van der Waals surface area contributed by atoms with Gasteiger partial charge >= 0.3 is 0 Å². The lowest BCUT2D eigenvalue weighted by molar-refractivity contribution is 0.756. The lowest BCUT2D eigenvalue weighted by atomic mass is 10.1. The Balaban J connectivity index is 1.75. The SMILES string of the molecule is CC(C)=CSc1ccc(-c2nc3n(c2-c2ccncc2)CCC3)cc1. The van der Waals surface area contributed by atoms with E-state index >= 15 is 0 Å². The van der Waals surface area contributed by atoms with Crippen LogP contribution in [0, 0.1) is 0 Å². The van der Waals surface area contributed by atoms with Gasteiger partial charge < -0.3 is 4.57 Å². The third kappa shape index (κ3) is 3.27. The molecule has 3 heterocycles. The second-order valence-corrected chi connectivity index (χ2v) is 7.50. The third-order valence-electron chi connectivity index (χ3n) is 4.34. The average Bonchev–Trinajstić information content (AvgIpc) is 3.22.